The summed E-state index contributed by atoms with van der Waals surface area (Å²) < 4.78 is 13.8. The highest BCUT2D eigenvalue weighted by atomic mass is 19.1. The Bertz CT molecular complexity index is 833. The number of benzene rings is 2. The zero-order chi connectivity index (χ0) is 18.9. The minimum atomic E-state index is -0.644. The summed E-state index contributed by atoms with van der Waals surface area (Å²) in [6.07, 6.45) is 1.60. The zero-order valence-corrected chi connectivity index (χ0v) is 15.2. The third kappa shape index (κ3) is 3.26. The SMILES string of the molecule is O=C(CCc1ccccc1F)N[C@@H]1c2ccccc2C2(CCNCC2)[C@H]1O. The first-order valence-electron chi connectivity index (χ1n) is 9.63. The van der Waals surface area contributed by atoms with Gasteiger partial charge in [0.2, 0.25) is 5.91 Å². The molecule has 2 atom stereocenters. The van der Waals surface area contributed by atoms with Crippen LogP contribution in [0.1, 0.15) is 42.0 Å². The van der Waals surface area contributed by atoms with Gasteiger partial charge in [-0.3, -0.25) is 4.79 Å². The van der Waals surface area contributed by atoms with Crippen molar-refractivity contribution in [1.82, 2.24) is 10.6 Å². The zero-order valence-electron chi connectivity index (χ0n) is 15.2. The predicted octanol–water partition coefficient (Wildman–Crippen LogP) is 2.61. The molecule has 1 aliphatic carbocycles. The summed E-state index contributed by atoms with van der Waals surface area (Å²) in [6.45, 7) is 1.72. The lowest BCUT2D eigenvalue weighted by Crippen LogP contribution is -2.48. The van der Waals surface area contributed by atoms with Crippen molar-refractivity contribution in [2.75, 3.05) is 13.1 Å². The number of rotatable bonds is 4. The predicted molar refractivity (Wildman–Crippen MR) is 102 cm³/mol. The maximum atomic E-state index is 13.8. The average Bonchev–Trinajstić information content (AvgIpc) is 2.91. The largest absolute Gasteiger partial charge is 0.390 e. The lowest BCUT2D eigenvalue weighted by Gasteiger charge is -2.38. The average molecular weight is 368 g/mol. The van der Waals surface area contributed by atoms with Gasteiger partial charge in [0.1, 0.15) is 5.82 Å². The van der Waals surface area contributed by atoms with Crippen molar-refractivity contribution in [3.63, 3.8) is 0 Å². The molecule has 0 unspecified atom stereocenters. The summed E-state index contributed by atoms with van der Waals surface area (Å²) in [7, 11) is 0. The smallest absolute Gasteiger partial charge is 0.220 e. The molecule has 0 aromatic heterocycles. The van der Waals surface area contributed by atoms with E-state index in [1.807, 2.05) is 18.2 Å². The first-order valence-corrected chi connectivity index (χ1v) is 9.63. The van der Waals surface area contributed by atoms with Crippen LogP contribution in [0.25, 0.3) is 0 Å². The van der Waals surface area contributed by atoms with Crippen molar-refractivity contribution in [2.45, 2.75) is 43.2 Å². The van der Waals surface area contributed by atoms with Crippen molar-refractivity contribution in [3.05, 3.63) is 71.0 Å². The highest BCUT2D eigenvalue weighted by molar-refractivity contribution is 5.77. The van der Waals surface area contributed by atoms with Gasteiger partial charge in [0.05, 0.1) is 12.1 Å². The molecule has 4 rings (SSSR count). The molecule has 3 N–H and O–H groups in total. The van der Waals surface area contributed by atoms with Gasteiger partial charge in [-0.15, -0.1) is 0 Å². The fraction of sp³-hybridized carbons (Fsp3) is 0.409. The Morgan fingerprint density at radius 3 is 2.63 bits per heavy atom. The molecule has 1 saturated heterocycles. The van der Waals surface area contributed by atoms with E-state index >= 15 is 0 Å². The normalized spacial score (nSPS) is 23.2. The van der Waals surface area contributed by atoms with Gasteiger partial charge in [-0.05, 0) is 55.1 Å². The molecule has 1 fully saturated rings. The molecule has 142 valence electrons. The topological polar surface area (TPSA) is 61.4 Å². The van der Waals surface area contributed by atoms with Gasteiger partial charge < -0.3 is 15.7 Å². The number of aryl methyl sites for hydroxylation is 1. The minimum Gasteiger partial charge on any atom is -0.390 e. The minimum absolute atomic E-state index is 0.164. The van der Waals surface area contributed by atoms with Crippen molar-refractivity contribution in [1.29, 1.82) is 0 Å². The maximum Gasteiger partial charge on any atom is 0.220 e. The Hall–Kier alpha value is -2.24. The van der Waals surface area contributed by atoms with Gasteiger partial charge in [0.25, 0.3) is 0 Å². The highest BCUT2D eigenvalue weighted by Crippen LogP contribution is 2.49. The van der Waals surface area contributed by atoms with Crippen LogP contribution in [0, 0.1) is 5.82 Å². The van der Waals surface area contributed by atoms with Crippen LogP contribution in [0.2, 0.25) is 0 Å². The number of carbonyl (C=O) groups excluding carboxylic acids is 1. The summed E-state index contributed by atoms with van der Waals surface area (Å²) >= 11 is 0. The van der Waals surface area contributed by atoms with E-state index in [0.29, 0.717) is 12.0 Å². The van der Waals surface area contributed by atoms with Crippen LogP contribution in [0.15, 0.2) is 48.5 Å². The van der Waals surface area contributed by atoms with Crippen LogP contribution < -0.4 is 10.6 Å². The summed E-state index contributed by atoms with van der Waals surface area (Å²) in [5.41, 5.74) is 2.39. The summed E-state index contributed by atoms with van der Waals surface area (Å²) in [4.78, 5) is 12.6. The molecule has 4 nitrogen and oxygen atoms in total. The quantitative estimate of drug-likeness (QED) is 0.777. The second kappa shape index (κ2) is 7.41. The number of fused-ring (bicyclic) bond motifs is 2. The number of piperidine rings is 1. The molecule has 0 radical (unpaired) electrons. The van der Waals surface area contributed by atoms with E-state index in [4.69, 9.17) is 0 Å². The Morgan fingerprint density at radius 2 is 1.85 bits per heavy atom. The molecule has 1 spiro atoms. The number of carbonyl (C=O) groups is 1. The first-order chi connectivity index (χ1) is 13.1. The molecule has 2 aromatic rings. The third-order valence-electron chi connectivity index (χ3n) is 6.11. The van der Waals surface area contributed by atoms with Crippen LogP contribution in [-0.4, -0.2) is 30.2 Å². The molecule has 1 heterocycles. The van der Waals surface area contributed by atoms with Crippen LogP contribution in [0.4, 0.5) is 4.39 Å². The van der Waals surface area contributed by atoms with Gasteiger partial charge in [0, 0.05) is 11.8 Å². The van der Waals surface area contributed by atoms with Gasteiger partial charge in [-0.2, -0.15) is 0 Å². The Labute approximate surface area is 158 Å². The van der Waals surface area contributed by atoms with Crippen LogP contribution in [-0.2, 0) is 16.6 Å². The van der Waals surface area contributed by atoms with E-state index < -0.39 is 12.1 Å². The molecule has 2 aliphatic rings. The number of hydrogen-bond donors (Lipinski definition) is 3. The summed E-state index contributed by atoms with van der Waals surface area (Å²) in [6, 6.07) is 14.1. The monoisotopic (exact) mass is 368 g/mol. The number of hydrogen-bond acceptors (Lipinski definition) is 3. The second-order valence-corrected chi connectivity index (χ2v) is 7.57. The molecule has 1 amide bonds. The Kier molecular flexibility index (Phi) is 4.98. The van der Waals surface area contributed by atoms with Crippen LogP contribution >= 0.6 is 0 Å². The van der Waals surface area contributed by atoms with Crippen molar-refractivity contribution < 1.29 is 14.3 Å². The number of aliphatic hydroxyl groups excluding tert-OH is 1. The number of amides is 1. The second-order valence-electron chi connectivity index (χ2n) is 7.57. The van der Waals surface area contributed by atoms with E-state index in [1.165, 1.54) is 6.07 Å². The Balaban J connectivity index is 1.50. The molecular weight excluding hydrogens is 343 g/mol. The lowest BCUT2D eigenvalue weighted by atomic mass is 9.72. The van der Waals surface area contributed by atoms with Crippen molar-refractivity contribution in [2.24, 2.45) is 0 Å². The van der Waals surface area contributed by atoms with E-state index in [1.54, 1.807) is 18.2 Å². The molecule has 0 saturated carbocycles. The molecule has 1 aliphatic heterocycles. The van der Waals surface area contributed by atoms with Crippen molar-refractivity contribution >= 4 is 5.91 Å². The van der Waals surface area contributed by atoms with Crippen LogP contribution in [0.3, 0.4) is 0 Å². The van der Waals surface area contributed by atoms with Crippen molar-refractivity contribution in [3.8, 4) is 0 Å². The number of aliphatic hydroxyl groups is 1. The third-order valence-corrected chi connectivity index (χ3v) is 6.11. The van der Waals surface area contributed by atoms with E-state index in [2.05, 4.69) is 16.7 Å². The standard InChI is InChI=1S/C22H25FN2O2/c23-18-8-4-1-5-15(18)9-10-19(26)25-20-16-6-2-3-7-17(16)22(21(20)27)11-13-24-14-12-22/h1-8,20-21,24,27H,9-14H2,(H,25,26)/t20-,21+/m1/s1. The molecule has 27 heavy (non-hydrogen) atoms. The molecular formula is C22H25FN2O2. The fourth-order valence-electron chi connectivity index (χ4n) is 4.66. The van der Waals surface area contributed by atoms with Gasteiger partial charge >= 0.3 is 0 Å². The maximum absolute atomic E-state index is 13.8. The number of nitrogens with one attached hydrogen (secondary N) is 2. The van der Waals surface area contributed by atoms with Gasteiger partial charge in [-0.1, -0.05) is 42.5 Å². The van der Waals surface area contributed by atoms with Gasteiger partial charge in [0.15, 0.2) is 0 Å². The van der Waals surface area contributed by atoms with E-state index in [9.17, 15) is 14.3 Å². The lowest BCUT2D eigenvalue weighted by molar-refractivity contribution is -0.123. The van der Waals surface area contributed by atoms with Gasteiger partial charge in [-0.25, -0.2) is 4.39 Å². The number of halogens is 1. The molecule has 5 heteroatoms. The summed E-state index contributed by atoms with van der Waals surface area (Å²) in [5, 5.41) is 17.5. The van der Waals surface area contributed by atoms with E-state index in [0.717, 1.165) is 37.1 Å². The molecule has 2 aromatic carbocycles. The first kappa shape index (κ1) is 18.1. The highest BCUT2D eigenvalue weighted by Gasteiger charge is 2.51. The Morgan fingerprint density at radius 1 is 1.15 bits per heavy atom. The van der Waals surface area contributed by atoms with E-state index in [-0.39, 0.29) is 23.6 Å². The summed E-state index contributed by atoms with van der Waals surface area (Å²) in [5.74, 6) is -0.451. The molecule has 0 bridgehead atoms. The fourth-order valence-corrected chi connectivity index (χ4v) is 4.66. The van der Waals surface area contributed by atoms with Crippen LogP contribution in [0.5, 0.6) is 0 Å².